The lowest BCUT2D eigenvalue weighted by Crippen LogP contribution is -2.25. The van der Waals surface area contributed by atoms with Gasteiger partial charge in [-0.15, -0.1) is 0 Å². The van der Waals surface area contributed by atoms with Crippen molar-refractivity contribution in [3.63, 3.8) is 0 Å². The molecule has 0 radical (unpaired) electrons. The van der Waals surface area contributed by atoms with E-state index in [1.165, 1.54) is 112 Å². The van der Waals surface area contributed by atoms with Crippen molar-refractivity contribution >= 4 is 44.9 Å². The zero-order valence-corrected chi connectivity index (χ0v) is 33.4. The predicted molar refractivity (Wildman–Crippen MR) is 231 cm³/mol. The quantitative estimate of drug-likeness (QED) is 0.170. The highest BCUT2D eigenvalue weighted by molar-refractivity contribution is 6.14. The Morgan fingerprint density at radius 3 is 1.37 bits per heavy atom. The van der Waals surface area contributed by atoms with Crippen molar-refractivity contribution in [2.24, 2.45) is 0 Å². The highest BCUT2D eigenvalue weighted by Gasteiger charge is 2.46. The molecule has 9 rings (SSSR count). The van der Waals surface area contributed by atoms with Gasteiger partial charge in [-0.1, -0.05) is 117 Å². The van der Waals surface area contributed by atoms with Gasteiger partial charge in [0.2, 0.25) is 0 Å². The smallest absolute Gasteiger partial charge is 0.0543 e. The maximum absolute atomic E-state index is 2.53. The molecule has 0 saturated carbocycles. The molecule has 0 bridgehead atoms. The van der Waals surface area contributed by atoms with E-state index in [0.717, 1.165) is 0 Å². The van der Waals surface area contributed by atoms with E-state index < -0.39 is 0 Å². The second-order valence-corrected chi connectivity index (χ2v) is 17.1. The second kappa shape index (κ2) is 12.0. The van der Waals surface area contributed by atoms with Crippen LogP contribution in [0.4, 0.5) is 34.1 Å². The first-order chi connectivity index (χ1) is 25.8. The monoisotopic (exact) mass is 702 g/mol. The summed E-state index contributed by atoms with van der Waals surface area (Å²) in [6.07, 6.45) is 0. The first-order valence-electron chi connectivity index (χ1n) is 19.4. The normalized spacial score (nSPS) is 14.4. The fourth-order valence-electron chi connectivity index (χ4n) is 9.55. The van der Waals surface area contributed by atoms with Crippen molar-refractivity contribution in [1.82, 2.24) is 0 Å². The van der Waals surface area contributed by atoms with Gasteiger partial charge in [-0.05, 0) is 146 Å². The van der Waals surface area contributed by atoms with Gasteiger partial charge < -0.3 is 9.80 Å². The fourth-order valence-corrected chi connectivity index (χ4v) is 9.55. The van der Waals surface area contributed by atoms with Crippen molar-refractivity contribution in [3.05, 3.63) is 177 Å². The van der Waals surface area contributed by atoms with Crippen LogP contribution < -0.4 is 9.80 Å². The van der Waals surface area contributed by atoms with Gasteiger partial charge in [-0.3, -0.25) is 0 Å². The van der Waals surface area contributed by atoms with Crippen LogP contribution in [0.5, 0.6) is 0 Å². The second-order valence-electron chi connectivity index (χ2n) is 17.1. The zero-order chi connectivity index (χ0) is 37.8. The number of rotatable bonds is 6. The molecule has 0 aliphatic heterocycles. The van der Waals surface area contributed by atoms with E-state index in [4.69, 9.17) is 0 Å². The Kier molecular flexibility index (Phi) is 7.57. The SMILES string of the molecule is Cc1ccc(N(c2cc3c4c(c2)C(C)(C)c2cccc5c(N(c6ccc(C)cc6)c6ccc(C)cc6C)cc(c-4c25)C3(C)C)c2ccc(C)cc2C)cc1. The van der Waals surface area contributed by atoms with Gasteiger partial charge in [0.1, 0.15) is 0 Å². The van der Waals surface area contributed by atoms with E-state index in [-0.39, 0.29) is 10.8 Å². The number of hydrogen-bond acceptors (Lipinski definition) is 2. The standard InChI is InChI=1S/C52H50N2/c1-31-14-20-37(21-15-31)53(45-24-18-33(3)26-35(45)5)39-28-42-49-43(29-39)52(9,10)44-30-47(40-12-11-13-41(51(42,7)8)48(40)50(44)49)54(38-22-16-32(2)17-23-38)46-25-19-34(4)27-36(46)6/h11-30H,1-10H3. The van der Waals surface area contributed by atoms with Gasteiger partial charge >= 0.3 is 0 Å². The molecule has 7 aromatic carbocycles. The minimum Gasteiger partial charge on any atom is -0.310 e. The Hall–Kier alpha value is -5.60. The summed E-state index contributed by atoms with van der Waals surface area (Å²) in [5.74, 6) is 0. The lowest BCUT2D eigenvalue weighted by atomic mass is 9.68. The van der Waals surface area contributed by atoms with E-state index in [9.17, 15) is 0 Å². The highest BCUT2D eigenvalue weighted by atomic mass is 15.2. The molecule has 2 heteroatoms. The first kappa shape index (κ1) is 34.2. The maximum Gasteiger partial charge on any atom is 0.0543 e. The molecule has 0 unspecified atom stereocenters. The number of nitrogens with zero attached hydrogens (tertiary/aromatic N) is 2. The number of aryl methyl sites for hydroxylation is 6. The summed E-state index contributed by atoms with van der Waals surface area (Å²) in [5, 5.41) is 2.70. The molecule has 0 fully saturated rings. The number of hydrogen-bond donors (Lipinski definition) is 0. The molecule has 0 saturated heterocycles. The molecule has 54 heavy (non-hydrogen) atoms. The van der Waals surface area contributed by atoms with E-state index in [1.54, 1.807) is 0 Å². The van der Waals surface area contributed by atoms with Crippen molar-refractivity contribution in [2.45, 2.75) is 80.1 Å². The Morgan fingerprint density at radius 2 is 0.833 bits per heavy atom. The van der Waals surface area contributed by atoms with Gasteiger partial charge in [-0.2, -0.15) is 0 Å². The fraction of sp³-hybridized carbons (Fsp3) is 0.231. The molecular formula is C52H50N2. The summed E-state index contributed by atoms with van der Waals surface area (Å²) < 4.78 is 0. The summed E-state index contributed by atoms with van der Waals surface area (Å²) >= 11 is 0. The molecule has 0 aromatic heterocycles. The van der Waals surface area contributed by atoms with Crippen LogP contribution in [0.2, 0.25) is 0 Å². The molecule has 0 spiro atoms. The third-order valence-electron chi connectivity index (χ3n) is 12.5. The minimum atomic E-state index is -0.242. The van der Waals surface area contributed by atoms with Crippen molar-refractivity contribution < 1.29 is 0 Å². The third kappa shape index (κ3) is 4.99. The van der Waals surface area contributed by atoms with Gasteiger partial charge in [0.05, 0.1) is 5.69 Å². The highest BCUT2D eigenvalue weighted by Crippen LogP contribution is 2.62. The van der Waals surface area contributed by atoms with Crippen molar-refractivity contribution in [1.29, 1.82) is 0 Å². The molecule has 2 aliphatic rings. The average Bonchev–Trinajstić information content (AvgIpc) is 3.36. The van der Waals surface area contributed by atoms with E-state index in [2.05, 4.69) is 200 Å². The summed E-state index contributed by atoms with van der Waals surface area (Å²) in [6.45, 7) is 23.0. The molecule has 0 heterocycles. The number of benzene rings is 7. The topological polar surface area (TPSA) is 6.48 Å². The maximum atomic E-state index is 2.53. The van der Waals surface area contributed by atoms with Crippen LogP contribution in [0.1, 0.15) is 83.3 Å². The van der Waals surface area contributed by atoms with Crippen LogP contribution in [0.15, 0.2) is 121 Å². The lowest BCUT2D eigenvalue weighted by Gasteiger charge is -2.38. The van der Waals surface area contributed by atoms with Crippen molar-refractivity contribution in [2.75, 3.05) is 9.80 Å². The Labute approximate surface area is 321 Å². The van der Waals surface area contributed by atoms with Crippen molar-refractivity contribution in [3.8, 4) is 11.1 Å². The molecule has 2 aliphatic carbocycles. The molecule has 0 amide bonds. The van der Waals surface area contributed by atoms with Crippen LogP contribution in [-0.4, -0.2) is 0 Å². The van der Waals surface area contributed by atoms with Crippen LogP contribution in [0, 0.1) is 41.5 Å². The molecule has 0 N–H and O–H groups in total. The van der Waals surface area contributed by atoms with Gasteiger partial charge in [0.25, 0.3) is 0 Å². The van der Waals surface area contributed by atoms with Crippen LogP contribution in [0.3, 0.4) is 0 Å². The predicted octanol–water partition coefficient (Wildman–Crippen LogP) is 14.6. The Morgan fingerprint density at radius 1 is 0.370 bits per heavy atom. The Bertz CT molecular complexity index is 2660. The summed E-state index contributed by atoms with van der Waals surface area (Å²) in [4.78, 5) is 5.00. The Balaban J connectivity index is 1.35. The first-order valence-corrected chi connectivity index (χ1v) is 19.4. The van der Waals surface area contributed by atoms with Gasteiger partial charge in [0.15, 0.2) is 0 Å². The van der Waals surface area contributed by atoms with E-state index in [0.29, 0.717) is 0 Å². The number of anilines is 6. The molecule has 0 atom stereocenters. The van der Waals surface area contributed by atoms with E-state index in [1.807, 2.05) is 0 Å². The average molecular weight is 703 g/mol. The molecule has 268 valence electrons. The third-order valence-corrected chi connectivity index (χ3v) is 12.5. The largest absolute Gasteiger partial charge is 0.310 e. The van der Waals surface area contributed by atoms with Crippen LogP contribution in [0.25, 0.3) is 21.9 Å². The van der Waals surface area contributed by atoms with E-state index >= 15 is 0 Å². The van der Waals surface area contributed by atoms with Gasteiger partial charge in [0, 0.05) is 44.7 Å². The molecular weight excluding hydrogens is 653 g/mol. The summed E-state index contributed by atoms with van der Waals surface area (Å²) in [6, 6.07) is 46.4. The van der Waals surface area contributed by atoms with Crippen LogP contribution in [-0.2, 0) is 10.8 Å². The van der Waals surface area contributed by atoms with Crippen LogP contribution >= 0.6 is 0 Å². The molecule has 7 aromatic rings. The minimum absolute atomic E-state index is 0.237. The lowest BCUT2D eigenvalue weighted by molar-refractivity contribution is 0.639. The summed E-state index contributed by atoms with van der Waals surface area (Å²) in [7, 11) is 0. The summed E-state index contributed by atoms with van der Waals surface area (Å²) in [5.41, 5.74) is 22.8. The zero-order valence-electron chi connectivity index (χ0n) is 33.4. The van der Waals surface area contributed by atoms with Gasteiger partial charge in [-0.25, -0.2) is 0 Å². The molecule has 2 nitrogen and oxygen atoms in total.